The lowest BCUT2D eigenvalue weighted by molar-refractivity contribution is 0.0734. The number of allylic oxidation sites excluding steroid dienone is 6. The first-order valence-electron chi connectivity index (χ1n) is 4.54. The van der Waals surface area contributed by atoms with E-state index < -0.39 is 0 Å². The van der Waals surface area contributed by atoms with Crippen molar-refractivity contribution in [3.63, 3.8) is 0 Å². The van der Waals surface area contributed by atoms with E-state index >= 15 is 0 Å². The fraction of sp³-hybridized carbons (Fsp3) is 0.273. The summed E-state index contributed by atoms with van der Waals surface area (Å²) in [5, 5.41) is 0. The molecule has 2 aliphatic carbocycles. The van der Waals surface area contributed by atoms with Gasteiger partial charge in [0.05, 0.1) is 4.48 Å². The Kier molecular flexibility index (Phi) is 1.65. The monoisotopic (exact) mass is 252 g/mol. The third-order valence-electron chi connectivity index (χ3n) is 2.60. The molecule has 72 valence electrons. The zero-order valence-corrected chi connectivity index (χ0v) is 9.35. The fourth-order valence-electron chi connectivity index (χ4n) is 1.98. The minimum Gasteiger partial charge on any atom is -0.458 e. The van der Waals surface area contributed by atoms with Crippen molar-refractivity contribution in [2.75, 3.05) is 6.79 Å². The van der Waals surface area contributed by atoms with Crippen LogP contribution in [-0.4, -0.2) is 6.79 Å². The molecule has 0 fully saturated rings. The van der Waals surface area contributed by atoms with E-state index in [9.17, 15) is 0 Å². The summed E-state index contributed by atoms with van der Waals surface area (Å²) >= 11 is 3.56. The molecule has 0 bridgehead atoms. The minimum absolute atomic E-state index is 0.350. The van der Waals surface area contributed by atoms with Gasteiger partial charge in [0.15, 0.2) is 5.76 Å². The minimum atomic E-state index is 0.350. The van der Waals surface area contributed by atoms with Crippen molar-refractivity contribution in [1.82, 2.24) is 0 Å². The lowest BCUT2D eigenvalue weighted by atomic mass is 9.99. The van der Waals surface area contributed by atoms with Crippen LogP contribution in [-0.2, 0) is 9.47 Å². The van der Waals surface area contributed by atoms with Crippen LogP contribution in [0.25, 0.3) is 0 Å². The van der Waals surface area contributed by atoms with Gasteiger partial charge in [0, 0.05) is 6.42 Å². The Morgan fingerprint density at radius 3 is 3.00 bits per heavy atom. The van der Waals surface area contributed by atoms with Gasteiger partial charge in [-0.1, -0.05) is 17.7 Å². The molecule has 0 aromatic rings. The Morgan fingerprint density at radius 2 is 2.14 bits per heavy atom. The molecule has 0 saturated heterocycles. The number of fused-ring (bicyclic) bond motifs is 1. The van der Waals surface area contributed by atoms with E-state index in [1.807, 2.05) is 0 Å². The number of ether oxygens (including phenoxy) is 2. The van der Waals surface area contributed by atoms with Crippen LogP contribution in [0.5, 0.6) is 0 Å². The van der Waals surface area contributed by atoms with Gasteiger partial charge in [0.1, 0.15) is 5.76 Å². The van der Waals surface area contributed by atoms with Gasteiger partial charge in [-0.15, -0.1) is 0 Å². The molecule has 1 aliphatic heterocycles. The zero-order valence-electron chi connectivity index (χ0n) is 7.76. The van der Waals surface area contributed by atoms with Crippen LogP contribution in [0.1, 0.15) is 13.3 Å². The van der Waals surface area contributed by atoms with Crippen LogP contribution >= 0.6 is 15.9 Å². The van der Waals surface area contributed by atoms with Crippen LogP contribution in [0.15, 0.2) is 44.9 Å². The molecule has 0 spiro atoms. The molecule has 0 saturated carbocycles. The summed E-state index contributed by atoms with van der Waals surface area (Å²) in [5.74, 6) is 1.83. The number of halogens is 1. The Balaban J connectivity index is 2.15. The molecule has 0 aromatic carbocycles. The number of hydrogen-bond donors (Lipinski definition) is 0. The van der Waals surface area contributed by atoms with Gasteiger partial charge in [0.2, 0.25) is 6.79 Å². The smallest absolute Gasteiger partial charge is 0.230 e. The fourth-order valence-corrected chi connectivity index (χ4v) is 2.69. The molecule has 0 amide bonds. The van der Waals surface area contributed by atoms with Crippen LogP contribution in [0, 0.1) is 0 Å². The molecular formula is C11H9BrO2. The van der Waals surface area contributed by atoms with Crippen molar-refractivity contribution in [1.29, 1.82) is 0 Å². The Bertz CT molecular complexity index is 438. The average molecular weight is 253 g/mol. The first kappa shape index (κ1) is 8.36. The molecule has 1 heterocycles. The standard InChI is InChI=1S/C11H9BrO2/c1-6-2-7-4-9-11(14-5-13-9)10(12)8(7)3-6/h2-3H,4-5H2,1H3. The highest BCUT2D eigenvalue weighted by atomic mass is 79.9. The van der Waals surface area contributed by atoms with E-state index in [0.29, 0.717) is 6.79 Å². The van der Waals surface area contributed by atoms with Crippen molar-refractivity contribution in [3.05, 3.63) is 44.9 Å². The maximum Gasteiger partial charge on any atom is 0.230 e. The van der Waals surface area contributed by atoms with Gasteiger partial charge in [-0.05, 0) is 34.0 Å². The average Bonchev–Trinajstić information content (AvgIpc) is 2.71. The second-order valence-corrected chi connectivity index (χ2v) is 4.41. The third-order valence-corrected chi connectivity index (χ3v) is 3.38. The van der Waals surface area contributed by atoms with Crippen LogP contribution in [0.2, 0.25) is 0 Å². The topological polar surface area (TPSA) is 18.5 Å². The predicted octanol–water partition coefficient (Wildman–Crippen LogP) is 3.14. The molecule has 0 aromatic heterocycles. The van der Waals surface area contributed by atoms with Gasteiger partial charge in [-0.2, -0.15) is 0 Å². The van der Waals surface area contributed by atoms with Crippen molar-refractivity contribution < 1.29 is 9.47 Å². The second kappa shape index (κ2) is 2.76. The molecule has 0 radical (unpaired) electrons. The van der Waals surface area contributed by atoms with E-state index in [2.05, 4.69) is 35.0 Å². The lowest BCUT2D eigenvalue weighted by Gasteiger charge is -2.14. The van der Waals surface area contributed by atoms with E-state index in [1.165, 1.54) is 16.7 Å². The molecular weight excluding hydrogens is 244 g/mol. The SMILES string of the molecule is CC1=CC2=C(Br)C3=C(CC2=C1)OCO3. The van der Waals surface area contributed by atoms with Gasteiger partial charge < -0.3 is 9.47 Å². The molecule has 2 nitrogen and oxygen atoms in total. The van der Waals surface area contributed by atoms with Crippen molar-refractivity contribution >= 4 is 15.9 Å². The van der Waals surface area contributed by atoms with Gasteiger partial charge >= 0.3 is 0 Å². The Labute approximate surface area is 90.7 Å². The molecule has 0 atom stereocenters. The largest absolute Gasteiger partial charge is 0.458 e. The molecule has 3 rings (SSSR count). The summed E-state index contributed by atoms with van der Waals surface area (Å²) in [5.41, 5.74) is 3.85. The maximum atomic E-state index is 5.41. The summed E-state index contributed by atoms with van der Waals surface area (Å²) in [6.45, 7) is 2.45. The third kappa shape index (κ3) is 1.02. The molecule has 14 heavy (non-hydrogen) atoms. The molecule has 0 N–H and O–H groups in total. The molecule has 0 unspecified atom stereocenters. The quantitative estimate of drug-likeness (QED) is 0.660. The van der Waals surface area contributed by atoms with E-state index in [-0.39, 0.29) is 0 Å². The van der Waals surface area contributed by atoms with E-state index in [4.69, 9.17) is 9.47 Å². The zero-order chi connectivity index (χ0) is 9.71. The van der Waals surface area contributed by atoms with Crippen molar-refractivity contribution in [3.8, 4) is 0 Å². The number of hydrogen-bond acceptors (Lipinski definition) is 2. The highest BCUT2D eigenvalue weighted by Crippen LogP contribution is 2.44. The second-order valence-electron chi connectivity index (χ2n) is 3.62. The summed E-state index contributed by atoms with van der Waals surface area (Å²) in [7, 11) is 0. The van der Waals surface area contributed by atoms with Crippen LogP contribution in [0.3, 0.4) is 0 Å². The highest BCUT2D eigenvalue weighted by molar-refractivity contribution is 9.12. The van der Waals surface area contributed by atoms with E-state index in [0.717, 1.165) is 22.4 Å². The Morgan fingerprint density at radius 1 is 1.29 bits per heavy atom. The number of rotatable bonds is 0. The molecule has 3 heteroatoms. The highest BCUT2D eigenvalue weighted by Gasteiger charge is 2.30. The predicted molar refractivity (Wildman–Crippen MR) is 56.5 cm³/mol. The molecule has 3 aliphatic rings. The summed E-state index contributed by atoms with van der Waals surface area (Å²) in [6, 6.07) is 0. The maximum absolute atomic E-state index is 5.41. The normalized spacial score (nSPS) is 23.9. The van der Waals surface area contributed by atoms with Crippen LogP contribution in [0.4, 0.5) is 0 Å². The Hall–Kier alpha value is -0.960. The summed E-state index contributed by atoms with van der Waals surface area (Å²) in [6.07, 6.45) is 5.22. The van der Waals surface area contributed by atoms with Crippen LogP contribution < -0.4 is 0 Å². The first-order valence-corrected chi connectivity index (χ1v) is 5.33. The summed E-state index contributed by atoms with van der Waals surface area (Å²) in [4.78, 5) is 0. The van der Waals surface area contributed by atoms with Crippen molar-refractivity contribution in [2.24, 2.45) is 0 Å². The van der Waals surface area contributed by atoms with E-state index in [1.54, 1.807) is 0 Å². The van der Waals surface area contributed by atoms with Crippen molar-refractivity contribution in [2.45, 2.75) is 13.3 Å². The lowest BCUT2D eigenvalue weighted by Crippen LogP contribution is -2.00. The van der Waals surface area contributed by atoms with Gasteiger partial charge in [-0.25, -0.2) is 0 Å². The van der Waals surface area contributed by atoms with Gasteiger partial charge in [-0.3, -0.25) is 0 Å². The summed E-state index contributed by atoms with van der Waals surface area (Å²) < 4.78 is 11.8. The first-order chi connectivity index (χ1) is 6.75. The van der Waals surface area contributed by atoms with Gasteiger partial charge in [0.25, 0.3) is 0 Å².